The first-order valence-electron chi connectivity index (χ1n) is 6.60. The van der Waals surface area contributed by atoms with E-state index in [-0.39, 0.29) is 6.42 Å². The molecule has 23 heavy (non-hydrogen) atoms. The van der Waals surface area contributed by atoms with Gasteiger partial charge in [0.25, 0.3) is 0 Å². The smallest absolute Gasteiger partial charge is 0.343 e. The quantitative estimate of drug-likeness (QED) is 0.285. The molecule has 0 saturated carbocycles. The van der Waals surface area contributed by atoms with Crippen molar-refractivity contribution in [3.05, 3.63) is 37.3 Å². The average Bonchev–Trinajstić information content (AvgIpc) is 2.74. The van der Waals surface area contributed by atoms with Crippen molar-refractivity contribution in [2.45, 2.75) is 38.9 Å². The topological polar surface area (TPSA) is 136 Å². The molecule has 0 aromatic carbocycles. The Kier molecular flexibility index (Phi) is 13.1. The first-order chi connectivity index (χ1) is 10.6. The molecule has 1 saturated heterocycles. The SMILES string of the molecule is C=COC=C.CC(=CCC(C)O)C(N)=O.O=C1CC(O)C(=O)O1. The van der Waals surface area contributed by atoms with Crippen molar-refractivity contribution in [1.29, 1.82) is 0 Å². The summed E-state index contributed by atoms with van der Waals surface area (Å²) in [6, 6.07) is 0. The van der Waals surface area contributed by atoms with Crippen LogP contribution in [0.3, 0.4) is 0 Å². The summed E-state index contributed by atoms with van der Waals surface area (Å²) < 4.78 is 8.31. The van der Waals surface area contributed by atoms with Gasteiger partial charge in [-0.05, 0) is 20.3 Å². The number of carbonyl (C=O) groups is 3. The van der Waals surface area contributed by atoms with Gasteiger partial charge in [-0.1, -0.05) is 19.2 Å². The highest BCUT2D eigenvalue weighted by Crippen LogP contribution is 2.05. The lowest BCUT2D eigenvalue weighted by atomic mass is 10.2. The third kappa shape index (κ3) is 14.3. The van der Waals surface area contributed by atoms with E-state index in [2.05, 4.69) is 22.6 Å². The van der Waals surface area contributed by atoms with Gasteiger partial charge in [-0.2, -0.15) is 0 Å². The van der Waals surface area contributed by atoms with Gasteiger partial charge < -0.3 is 25.4 Å². The fraction of sp³-hybridized carbons (Fsp3) is 0.400. The van der Waals surface area contributed by atoms with Crippen LogP contribution in [0.1, 0.15) is 26.7 Å². The van der Waals surface area contributed by atoms with Gasteiger partial charge in [0, 0.05) is 5.57 Å². The summed E-state index contributed by atoms with van der Waals surface area (Å²) in [6.07, 6.45) is 2.91. The minimum absolute atomic E-state index is 0.196. The molecule has 0 aliphatic carbocycles. The number of hydrogen-bond donors (Lipinski definition) is 3. The lowest BCUT2D eigenvalue weighted by Crippen LogP contribution is -2.12. The van der Waals surface area contributed by atoms with Gasteiger partial charge >= 0.3 is 11.9 Å². The van der Waals surface area contributed by atoms with Crippen LogP contribution in [0.5, 0.6) is 0 Å². The van der Waals surface area contributed by atoms with Crippen LogP contribution in [0.2, 0.25) is 0 Å². The molecule has 0 aromatic rings. The van der Waals surface area contributed by atoms with E-state index in [1.165, 1.54) is 12.5 Å². The van der Waals surface area contributed by atoms with Crippen LogP contribution in [-0.2, 0) is 23.9 Å². The van der Waals surface area contributed by atoms with Crippen LogP contribution in [0.15, 0.2) is 37.3 Å². The minimum Gasteiger partial charge on any atom is -0.474 e. The van der Waals surface area contributed by atoms with Gasteiger partial charge in [0.15, 0.2) is 6.10 Å². The van der Waals surface area contributed by atoms with Crippen LogP contribution >= 0.6 is 0 Å². The molecule has 1 aliphatic rings. The summed E-state index contributed by atoms with van der Waals surface area (Å²) in [4.78, 5) is 30.5. The largest absolute Gasteiger partial charge is 0.474 e. The van der Waals surface area contributed by atoms with Gasteiger partial charge in [0.05, 0.1) is 25.0 Å². The lowest BCUT2D eigenvalue weighted by molar-refractivity contribution is -0.154. The van der Waals surface area contributed by atoms with Gasteiger partial charge in [0.1, 0.15) is 0 Å². The zero-order valence-electron chi connectivity index (χ0n) is 13.2. The van der Waals surface area contributed by atoms with Crippen LogP contribution in [-0.4, -0.2) is 40.3 Å². The molecule has 2 atom stereocenters. The van der Waals surface area contributed by atoms with Crippen LogP contribution in [0, 0.1) is 0 Å². The number of primary amides is 1. The van der Waals surface area contributed by atoms with Gasteiger partial charge in [-0.3, -0.25) is 9.59 Å². The highest BCUT2D eigenvalue weighted by atomic mass is 16.6. The molecule has 0 aromatic heterocycles. The Bertz CT molecular complexity index is 449. The van der Waals surface area contributed by atoms with E-state index in [1.807, 2.05) is 0 Å². The highest BCUT2D eigenvalue weighted by Gasteiger charge is 2.30. The van der Waals surface area contributed by atoms with E-state index < -0.39 is 30.1 Å². The number of amides is 1. The number of carbonyl (C=O) groups excluding carboxylic acids is 3. The first kappa shape index (κ1) is 22.8. The fourth-order valence-corrected chi connectivity index (χ4v) is 0.979. The summed E-state index contributed by atoms with van der Waals surface area (Å²) in [7, 11) is 0. The van der Waals surface area contributed by atoms with Gasteiger partial charge in [-0.15, -0.1) is 0 Å². The van der Waals surface area contributed by atoms with E-state index >= 15 is 0 Å². The summed E-state index contributed by atoms with van der Waals surface area (Å²) in [5, 5.41) is 17.3. The number of ether oxygens (including phenoxy) is 2. The predicted molar refractivity (Wildman–Crippen MR) is 82.5 cm³/mol. The third-order valence-electron chi connectivity index (χ3n) is 2.19. The zero-order valence-corrected chi connectivity index (χ0v) is 13.2. The predicted octanol–water partition coefficient (Wildman–Crippen LogP) is 0.300. The number of aliphatic hydroxyl groups is 2. The molecule has 130 valence electrons. The Morgan fingerprint density at radius 1 is 1.48 bits per heavy atom. The summed E-state index contributed by atoms with van der Waals surface area (Å²) in [6.45, 7) is 9.80. The molecule has 0 bridgehead atoms. The molecule has 1 fully saturated rings. The lowest BCUT2D eigenvalue weighted by Gasteiger charge is -1.98. The Balaban J connectivity index is 0. The van der Waals surface area contributed by atoms with Crippen molar-refractivity contribution in [2.75, 3.05) is 0 Å². The minimum atomic E-state index is -1.22. The maximum atomic E-state index is 10.4. The van der Waals surface area contributed by atoms with E-state index in [4.69, 9.17) is 15.9 Å². The molecule has 1 rings (SSSR count). The van der Waals surface area contributed by atoms with Crippen molar-refractivity contribution < 1.29 is 34.1 Å². The Labute approximate surface area is 134 Å². The normalized spacial score (nSPS) is 17.6. The molecule has 1 heterocycles. The molecule has 1 amide bonds. The van der Waals surface area contributed by atoms with Crippen molar-refractivity contribution in [2.24, 2.45) is 5.73 Å². The number of cyclic esters (lactones) is 2. The molecule has 4 N–H and O–H groups in total. The number of nitrogens with two attached hydrogens (primary N) is 1. The number of hydrogen-bond acceptors (Lipinski definition) is 7. The monoisotopic (exact) mass is 329 g/mol. The molecular weight excluding hydrogens is 306 g/mol. The molecule has 8 heteroatoms. The Hall–Kier alpha value is -2.45. The van der Waals surface area contributed by atoms with Crippen LogP contribution < -0.4 is 5.73 Å². The molecule has 2 unspecified atom stereocenters. The van der Waals surface area contributed by atoms with E-state index in [1.54, 1.807) is 19.9 Å². The Morgan fingerprint density at radius 3 is 2.17 bits per heavy atom. The van der Waals surface area contributed by atoms with Gasteiger partial charge in [-0.25, -0.2) is 4.79 Å². The number of aliphatic hydroxyl groups excluding tert-OH is 2. The summed E-state index contributed by atoms with van der Waals surface area (Å²) >= 11 is 0. The molecule has 0 spiro atoms. The van der Waals surface area contributed by atoms with E-state index in [0.29, 0.717) is 12.0 Å². The average molecular weight is 329 g/mol. The second-order valence-electron chi connectivity index (χ2n) is 4.32. The van der Waals surface area contributed by atoms with Crippen molar-refractivity contribution in [3.63, 3.8) is 0 Å². The maximum absolute atomic E-state index is 10.4. The second kappa shape index (κ2) is 13.2. The number of esters is 2. The number of rotatable bonds is 5. The van der Waals surface area contributed by atoms with Gasteiger partial charge in [0.2, 0.25) is 5.91 Å². The summed E-state index contributed by atoms with van der Waals surface area (Å²) in [5.41, 5.74) is 5.43. The Morgan fingerprint density at radius 2 is 2.00 bits per heavy atom. The molecule has 0 radical (unpaired) electrons. The highest BCUT2D eigenvalue weighted by molar-refractivity contribution is 5.95. The molecule has 1 aliphatic heterocycles. The fourth-order valence-electron chi connectivity index (χ4n) is 0.979. The summed E-state index contributed by atoms with van der Waals surface area (Å²) in [5.74, 6) is -1.92. The molecular formula is C15H23NO7. The maximum Gasteiger partial charge on any atom is 0.343 e. The van der Waals surface area contributed by atoms with E-state index in [0.717, 1.165) is 0 Å². The third-order valence-corrected chi connectivity index (χ3v) is 2.19. The second-order valence-corrected chi connectivity index (χ2v) is 4.32. The van der Waals surface area contributed by atoms with Crippen molar-refractivity contribution in [1.82, 2.24) is 0 Å². The van der Waals surface area contributed by atoms with Crippen LogP contribution in [0.25, 0.3) is 0 Å². The van der Waals surface area contributed by atoms with Crippen molar-refractivity contribution >= 4 is 17.8 Å². The first-order valence-corrected chi connectivity index (χ1v) is 6.60. The standard InChI is InChI=1S/C7H13NO2.C4H4O4.C4H6O/c1-5(7(8)10)3-4-6(2)9;5-2-1-3(6)8-4(2)7;1-3-5-4-2/h3,6,9H,4H2,1-2H3,(H2,8,10);2,5H,1H2;3-4H,1-2H2. The molecule has 8 nitrogen and oxygen atoms in total. The zero-order chi connectivity index (χ0) is 18.4. The van der Waals surface area contributed by atoms with Crippen molar-refractivity contribution in [3.8, 4) is 0 Å². The van der Waals surface area contributed by atoms with E-state index in [9.17, 15) is 14.4 Å². The van der Waals surface area contributed by atoms with Crippen LogP contribution in [0.4, 0.5) is 0 Å².